The van der Waals surface area contributed by atoms with Gasteiger partial charge in [0.2, 0.25) is 15.9 Å². The maximum absolute atomic E-state index is 12.5. The number of hydrogen-bond acceptors (Lipinski definition) is 4. The van der Waals surface area contributed by atoms with E-state index in [-0.39, 0.29) is 29.8 Å². The van der Waals surface area contributed by atoms with Gasteiger partial charge < -0.3 is 10.0 Å². The summed E-state index contributed by atoms with van der Waals surface area (Å²) in [4.78, 5) is 25.1. The summed E-state index contributed by atoms with van der Waals surface area (Å²) in [6, 6.07) is 11.3. The first-order valence-electron chi connectivity index (χ1n) is 8.82. The van der Waals surface area contributed by atoms with Crippen molar-refractivity contribution in [3.05, 3.63) is 42.5 Å². The minimum Gasteiger partial charge on any atom is -0.480 e. The first-order chi connectivity index (χ1) is 12.8. The third-order valence-corrected chi connectivity index (χ3v) is 6.12. The number of nitrogens with one attached hydrogen (secondary N) is 1. The minimum atomic E-state index is -3.75. The SMILES string of the molecule is CC(C(=O)O)N(C(=O)CCNS(=O)(=O)c1ccc2ccccc2c1)C1CC1. The summed E-state index contributed by atoms with van der Waals surface area (Å²) in [5.41, 5.74) is 0. The van der Waals surface area contributed by atoms with E-state index in [1.165, 1.54) is 17.9 Å². The Kier molecular flexibility index (Phi) is 5.48. The number of carboxylic acid groups (broad SMARTS) is 1. The third-order valence-electron chi connectivity index (χ3n) is 4.67. The normalized spacial score (nSPS) is 15.4. The van der Waals surface area contributed by atoms with Crippen LogP contribution in [0.3, 0.4) is 0 Å². The van der Waals surface area contributed by atoms with Crippen LogP contribution in [0.4, 0.5) is 0 Å². The van der Waals surface area contributed by atoms with Gasteiger partial charge in [0.25, 0.3) is 0 Å². The summed E-state index contributed by atoms with van der Waals surface area (Å²) >= 11 is 0. The van der Waals surface area contributed by atoms with E-state index in [0.717, 1.165) is 23.6 Å². The van der Waals surface area contributed by atoms with Crippen LogP contribution in [0.15, 0.2) is 47.4 Å². The monoisotopic (exact) mass is 390 g/mol. The van der Waals surface area contributed by atoms with Gasteiger partial charge >= 0.3 is 5.97 Å². The fraction of sp³-hybridized carbons (Fsp3) is 0.368. The van der Waals surface area contributed by atoms with Crippen molar-refractivity contribution >= 4 is 32.7 Å². The van der Waals surface area contributed by atoms with E-state index in [2.05, 4.69) is 4.72 Å². The lowest BCUT2D eigenvalue weighted by Gasteiger charge is -2.26. The highest BCUT2D eigenvalue weighted by atomic mass is 32.2. The predicted octanol–water partition coefficient (Wildman–Crippen LogP) is 1.97. The van der Waals surface area contributed by atoms with Crippen molar-refractivity contribution < 1.29 is 23.1 Å². The van der Waals surface area contributed by atoms with Crippen LogP contribution in [0.2, 0.25) is 0 Å². The van der Waals surface area contributed by atoms with Crippen molar-refractivity contribution in [3.8, 4) is 0 Å². The van der Waals surface area contributed by atoms with Gasteiger partial charge in [0.15, 0.2) is 0 Å². The van der Waals surface area contributed by atoms with Gasteiger partial charge in [-0.3, -0.25) is 4.79 Å². The largest absolute Gasteiger partial charge is 0.480 e. The van der Waals surface area contributed by atoms with Gasteiger partial charge in [-0.15, -0.1) is 0 Å². The van der Waals surface area contributed by atoms with Crippen LogP contribution >= 0.6 is 0 Å². The van der Waals surface area contributed by atoms with Crippen molar-refractivity contribution in [3.63, 3.8) is 0 Å². The number of carbonyl (C=O) groups excluding carboxylic acids is 1. The third kappa shape index (κ3) is 4.45. The molecule has 0 saturated heterocycles. The van der Waals surface area contributed by atoms with E-state index in [1.54, 1.807) is 12.1 Å². The number of nitrogens with zero attached hydrogens (tertiary/aromatic N) is 1. The van der Waals surface area contributed by atoms with E-state index in [0.29, 0.717) is 0 Å². The molecule has 1 unspecified atom stereocenters. The van der Waals surface area contributed by atoms with Crippen LogP contribution in [0.25, 0.3) is 10.8 Å². The van der Waals surface area contributed by atoms with E-state index >= 15 is 0 Å². The Morgan fingerprint density at radius 3 is 2.48 bits per heavy atom. The molecule has 144 valence electrons. The molecule has 8 heteroatoms. The molecular weight excluding hydrogens is 368 g/mol. The highest BCUT2D eigenvalue weighted by Crippen LogP contribution is 2.29. The second-order valence-corrected chi connectivity index (χ2v) is 8.47. The van der Waals surface area contributed by atoms with Gasteiger partial charge in [-0.25, -0.2) is 17.9 Å². The zero-order chi connectivity index (χ0) is 19.6. The predicted molar refractivity (Wildman–Crippen MR) is 101 cm³/mol. The van der Waals surface area contributed by atoms with Crippen molar-refractivity contribution in [2.75, 3.05) is 6.54 Å². The number of hydrogen-bond donors (Lipinski definition) is 2. The number of carbonyl (C=O) groups is 2. The standard InChI is InChI=1S/C19H22N2O5S/c1-13(19(23)24)21(16-7-8-16)18(22)10-11-20-27(25,26)17-9-6-14-4-2-3-5-15(14)12-17/h2-6,9,12-13,16,20H,7-8,10-11H2,1H3,(H,23,24). The lowest BCUT2D eigenvalue weighted by Crippen LogP contribution is -2.45. The fourth-order valence-corrected chi connectivity index (χ4v) is 4.11. The molecule has 7 nitrogen and oxygen atoms in total. The molecule has 1 saturated carbocycles. The number of amides is 1. The number of fused-ring (bicyclic) bond motifs is 1. The summed E-state index contributed by atoms with van der Waals surface area (Å²) in [6.07, 6.45) is 1.49. The van der Waals surface area contributed by atoms with E-state index in [9.17, 15) is 18.0 Å². The summed E-state index contributed by atoms with van der Waals surface area (Å²) in [5.74, 6) is -1.42. The molecule has 27 heavy (non-hydrogen) atoms. The molecular formula is C19H22N2O5S. The lowest BCUT2D eigenvalue weighted by atomic mass is 10.1. The summed E-state index contributed by atoms with van der Waals surface area (Å²) in [6.45, 7) is 1.39. The van der Waals surface area contributed by atoms with Crippen LogP contribution < -0.4 is 4.72 Å². The van der Waals surface area contributed by atoms with Crippen molar-refractivity contribution in [2.45, 2.75) is 43.2 Å². The van der Waals surface area contributed by atoms with Crippen LogP contribution in [0.1, 0.15) is 26.2 Å². The van der Waals surface area contributed by atoms with Crippen molar-refractivity contribution in [1.29, 1.82) is 0 Å². The number of benzene rings is 2. The Hall–Kier alpha value is -2.45. The Morgan fingerprint density at radius 1 is 1.19 bits per heavy atom. The molecule has 2 aromatic rings. The molecule has 2 N–H and O–H groups in total. The molecule has 1 atom stereocenters. The molecule has 0 radical (unpaired) electrons. The Balaban J connectivity index is 1.64. The van der Waals surface area contributed by atoms with E-state index in [4.69, 9.17) is 5.11 Å². The van der Waals surface area contributed by atoms with Crippen LogP contribution in [-0.2, 0) is 19.6 Å². The highest BCUT2D eigenvalue weighted by molar-refractivity contribution is 7.89. The first kappa shape index (κ1) is 19.3. The molecule has 1 amide bonds. The maximum Gasteiger partial charge on any atom is 0.326 e. The Morgan fingerprint density at radius 2 is 1.85 bits per heavy atom. The fourth-order valence-electron chi connectivity index (χ4n) is 3.05. The van der Waals surface area contributed by atoms with Crippen LogP contribution in [0, 0.1) is 0 Å². The van der Waals surface area contributed by atoms with E-state index < -0.39 is 22.0 Å². The highest BCUT2D eigenvalue weighted by Gasteiger charge is 2.38. The molecule has 0 spiro atoms. The van der Waals surface area contributed by atoms with E-state index in [1.807, 2.05) is 24.3 Å². The summed E-state index contributed by atoms with van der Waals surface area (Å²) in [5, 5.41) is 10.9. The summed E-state index contributed by atoms with van der Waals surface area (Å²) in [7, 11) is -3.75. The second-order valence-electron chi connectivity index (χ2n) is 6.70. The zero-order valence-corrected chi connectivity index (χ0v) is 15.8. The van der Waals surface area contributed by atoms with Crippen LogP contribution in [0.5, 0.6) is 0 Å². The molecule has 1 fully saturated rings. The average Bonchev–Trinajstić information content (AvgIpc) is 3.46. The summed E-state index contributed by atoms with van der Waals surface area (Å²) < 4.78 is 27.4. The van der Waals surface area contributed by atoms with Gasteiger partial charge in [-0.1, -0.05) is 30.3 Å². The van der Waals surface area contributed by atoms with Crippen LogP contribution in [-0.4, -0.2) is 48.9 Å². The zero-order valence-electron chi connectivity index (χ0n) is 15.0. The number of sulfonamides is 1. The molecule has 1 aliphatic carbocycles. The molecule has 1 aliphatic rings. The number of aliphatic carboxylic acids is 1. The van der Waals surface area contributed by atoms with Gasteiger partial charge in [0.1, 0.15) is 6.04 Å². The minimum absolute atomic E-state index is 0.0549. The maximum atomic E-state index is 12.5. The quantitative estimate of drug-likeness (QED) is 0.717. The second kappa shape index (κ2) is 7.66. The van der Waals surface area contributed by atoms with Gasteiger partial charge in [-0.2, -0.15) is 0 Å². The first-order valence-corrected chi connectivity index (χ1v) is 10.3. The van der Waals surface area contributed by atoms with Gasteiger partial charge in [0, 0.05) is 19.0 Å². The molecule has 0 bridgehead atoms. The molecule has 2 aromatic carbocycles. The number of carboxylic acids is 1. The topological polar surface area (TPSA) is 104 Å². The number of rotatable bonds is 8. The molecule has 0 aliphatic heterocycles. The van der Waals surface area contributed by atoms with Gasteiger partial charge in [-0.05, 0) is 42.7 Å². The molecule has 0 heterocycles. The lowest BCUT2D eigenvalue weighted by molar-refractivity contribution is -0.150. The van der Waals surface area contributed by atoms with Crippen molar-refractivity contribution in [2.24, 2.45) is 0 Å². The Labute approximate surface area is 158 Å². The Bertz CT molecular complexity index is 969. The van der Waals surface area contributed by atoms with Gasteiger partial charge in [0.05, 0.1) is 4.90 Å². The smallest absolute Gasteiger partial charge is 0.326 e. The molecule has 3 rings (SSSR count). The average molecular weight is 390 g/mol. The van der Waals surface area contributed by atoms with Crippen molar-refractivity contribution in [1.82, 2.24) is 9.62 Å². The molecule has 0 aromatic heterocycles.